The Morgan fingerprint density at radius 2 is 2.05 bits per heavy atom. The second-order valence-electron chi connectivity index (χ2n) is 4.50. The van der Waals surface area contributed by atoms with E-state index in [2.05, 4.69) is 15.6 Å². The zero-order valence-electron chi connectivity index (χ0n) is 11.6. The van der Waals surface area contributed by atoms with E-state index in [1.165, 1.54) is 0 Å². The molecule has 0 radical (unpaired) electrons. The third kappa shape index (κ3) is 3.96. The van der Waals surface area contributed by atoms with E-state index in [9.17, 15) is 0 Å². The molecule has 20 heavy (non-hydrogen) atoms. The number of anilines is 1. The van der Waals surface area contributed by atoms with E-state index in [0.29, 0.717) is 18.2 Å². The summed E-state index contributed by atoms with van der Waals surface area (Å²) in [5, 5.41) is 6.86. The van der Waals surface area contributed by atoms with Crippen molar-refractivity contribution in [2.45, 2.75) is 13.1 Å². The Labute approximate surface area is 124 Å². The summed E-state index contributed by atoms with van der Waals surface area (Å²) in [6, 6.07) is 7.71. The normalized spacial score (nSPS) is 10.1. The van der Waals surface area contributed by atoms with Crippen LogP contribution in [0.1, 0.15) is 11.3 Å². The molecule has 2 heterocycles. The van der Waals surface area contributed by atoms with Crippen LogP contribution < -0.4 is 15.5 Å². The standard InChI is InChI=1S/C14H18N4OS/c1-18(2)13-11(5-3-7-15-13)9-16-14(20)17-10-12-6-4-8-19-12/h3-8H,9-10H2,1-2H3,(H2,16,17,20). The topological polar surface area (TPSA) is 53.3 Å². The Balaban J connectivity index is 1.84. The molecule has 0 aromatic carbocycles. The van der Waals surface area contributed by atoms with Crippen molar-refractivity contribution >= 4 is 23.1 Å². The summed E-state index contributed by atoms with van der Waals surface area (Å²) in [5.74, 6) is 1.79. The van der Waals surface area contributed by atoms with Crippen LogP contribution in [0.15, 0.2) is 41.1 Å². The number of rotatable bonds is 5. The zero-order chi connectivity index (χ0) is 14.4. The highest BCUT2D eigenvalue weighted by Gasteiger charge is 2.05. The van der Waals surface area contributed by atoms with Gasteiger partial charge in [-0.25, -0.2) is 4.98 Å². The van der Waals surface area contributed by atoms with Gasteiger partial charge in [0.2, 0.25) is 0 Å². The molecule has 2 N–H and O–H groups in total. The molecule has 2 aromatic heterocycles. The van der Waals surface area contributed by atoms with Gasteiger partial charge in [-0.1, -0.05) is 6.07 Å². The molecule has 0 unspecified atom stereocenters. The fourth-order valence-corrected chi connectivity index (χ4v) is 1.93. The first-order valence-electron chi connectivity index (χ1n) is 6.32. The number of nitrogens with one attached hydrogen (secondary N) is 2. The monoisotopic (exact) mass is 290 g/mol. The van der Waals surface area contributed by atoms with Crippen LogP contribution in [-0.4, -0.2) is 24.2 Å². The Morgan fingerprint density at radius 1 is 1.25 bits per heavy atom. The molecular formula is C14H18N4OS. The predicted molar refractivity (Wildman–Crippen MR) is 83.5 cm³/mol. The van der Waals surface area contributed by atoms with E-state index in [0.717, 1.165) is 17.1 Å². The van der Waals surface area contributed by atoms with Crippen molar-refractivity contribution in [3.63, 3.8) is 0 Å². The summed E-state index contributed by atoms with van der Waals surface area (Å²) in [5.41, 5.74) is 1.10. The molecule has 0 bridgehead atoms. The van der Waals surface area contributed by atoms with Gasteiger partial charge in [-0.2, -0.15) is 0 Å². The lowest BCUT2D eigenvalue weighted by molar-refractivity contribution is 0.502. The first-order chi connectivity index (χ1) is 9.66. The summed E-state index contributed by atoms with van der Waals surface area (Å²) < 4.78 is 5.23. The number of hydrogen-bond acceptors (Lipinski definition) is 4. The Morgan fingerprint density at radius 3 is 2.75 bits per heavy atom. The molecule has 2 aromatic rings. The van der Waals surface area contributed by atoms with Gasteiger partial charge in [-0.3, -0.25) is 0 Å². The van der Waals surface area contributed by atoms with Crippen molar-refractivity contribution in [1.82, 2.24) is 15.6 Å². The van der Waals surface area contributed by atoms with E-state index in [-0.39, 0.29) is 0 Å². The molecule has 106 valence electrons. The van der Waals surface area contributed by atoms with Gasteiger partial charge in [0.05, 0.1) is 12.8 Å². The molecule has 0 spiro atoms. The molecule has 0 fully saturated rings. The molecule has 0 aliphatic rings. The first-order valence-corrected chi connectivity index (χ1v) is 6.73. The fourth-order valence-electron chi connectivity index (χ4n) is 1.79. The number of nitrogens with zero attached hydrogens (tertiary/aromatic N) is 2. The molecular weight excluding hydrogens is 272 g/mol. The lowest BCUT2D eigenvalue weighted by Crippen LogP contribution is -2.34. The second-order valence-corrected chi connectivity index (χ2v) is 4.90. The summed E-state index contributed by atoms with van der Waals surface area (Å²) >= 11 is 5.24. The smallest absolute Gasteiger partial charge is 0.166 e. The van der Waals surface area contributed by atoms with Crippen LogP contribution in [0, 0.1) is 0 Å². The van der Waals surface area contributed by atoms with Crippen molar-refractivity contribution in [3.8, 4) is 0 Å². The molecule has 6 heteroatoms. The summed E-state index contributed by atoms with van der Waals surface area (Å²) in [6.07, 6.45) is 3.43. The van der Waals surface area contributed by atoms with Crippen molar-refractivity contribution in [1.29, 1.82) is 0 Å². The number of hydrogen-bond donors (Lipinski definition) is 2. The lowest BCUT2D eigenvalue weighted by Gasteiger charge is -2.17. The van der Waals surface area contributed by atoms with Crippen molar-refractivity contribution in [2.24, 2.45) is 0 Å². The number of pyridine rings is 1. The SMILES string of the molecule is CN(C)c1ncccc1CNC(=S)NCc1ccco1. The average molecular weight is 290 g/mol. The minimum Gasteiger partial charge on any atom is -0.467 e. The third-order valence-corrected chi connectivity index (χ3v) is 3.02. The molecule has 2 rings (SSSR count). The molecule has 0 atom stereocenters. The van der Waals surface area contributed by atoms with Crippen LogP contribution in [0.25, 0.3) is 0 Å². The summed E-state index contributed by atoms with van der Waals surface area (Å²) in [7, 11) is 3.94. The predicted octanol–water partition coefficient (Wildman–Crippen LogP) is 1.90. The van der Waals surface area contributed by atoms with Crippen LogP contribution in [0.2, 0.25) is 0 Å². The molecule has 0 saturated heterocycles. The fraction of sp³-hybridized carbons (Fsp3) is 0.286. The van der Waals surface area contributed by atoms with Gasteiger partial charge in [0, 0.05) is 32.4 Å². The van der Waals surface area contributed by atoms with Crippen LogP contribution in [0.4, 0.5) is 5.82 Å². The van der Waals surface area contributed by atoms with Crippen LogP contribution in [-0.2, 0) is 13.1 Å². The largest absolute Gasteiger partial charge is 0.467 e. The highest BCUT2D eigenvalue weighted by Crippen LogP contribution is 2.13. The summed E-state index contributed by atoms with van der Waals surface area (Å²) in [6.45, 7) is 1.21. The Hall–Kier alpha value is -2.08. The third-order valence-electron chi connectivity index (χ3n) is 2.73. The van der Waals surface area contributed by atoms with Gasteiger partial charge in [0.15, 0.2) is 5.11 Å². The van der Waals surface area contributed by atoms with E-state index >= 15 is 0 Å². The van der Waals surface area contributed by atoms with Gasteiger partial charge in [0.25, 0.3) is 0 Å². The highest BCUT2D eigenvalue weighted by molar-refractivity contribution is 7.80. The van der Waals surface area contributed by atoms with E-state index < -0.39 is 0 Å². The Kier molecular flexibility index (Phi) is 4.95. The van der Waals surface area contributed by atoms with Gasteiger partial charge in [0.1, 0.15) is 11.6 Å². The first kappa shape index (κ1) is 14.3. The number of aromatic nitrogens is 1. The van der Waals surface area contributed by atoms with E-state index in [4.69, 9.17) is 16.6 Å². The van der Waals surface area contributed by atoms with Crippen LogP contribution >= 0.6 is 12.2 Å². The second kappa shape index (κ2) is 6.91. The van der Waals surface area contributed by atoms with Gasteiger partial charge in [-0.05, 0) is 30.4 Å². The quantitative estimate of drug-likeness (QED) is 0.820. The average Bonchev–Trinajstić information content (AvgIpc) is 2.96. The van der Waals surface area contributed by atoms with Crippen molar-refractivity contribution < 1.29 is 4.42 Å². The maximum absolute atomic E-state index is 5.24. The van der Waals surface area contributed by atoms with Gasteiger partial charge in [-0.15, -0.1) is 0 Å². The molecule has 0 aliphatic carbocycles. The zero-order valence-corrected chi connectivity index (χ0v) is 12.4. The molecule has 5 nitrogen and oxygen atoms in total. The van der Waals surface area contributed by atoms with Crippen molar-refractivity contribution in [3.05, 3.63) is 48.0 Å². The molecule has 0 saturated carbocycles. The van der Waals surface area contributed by atoms with E-state index in [1.54, 1.807) is 12.5 Å². The number of furan rings is 1. The maximum atomic E-state index is 5.24. The lowest BCUT2D eigenvalue weighted by atomic mass is 10.2. The van der Waals surface area contributed by atoms with Crippen LogP contribution in [0.3, 0.4) is 0 Å². The molecule has 0 amide bonds. The maximum Gasteiger partial charge on any atom is 0.166 e. The minimum atomic E-state index is 0.576. The minimum absolute atomic E-state index is 0.576. The molecule has 0 aliphatic heterocycles. The van der Waals surface area contributed by atoms with Gasteiger partial charge < -0.3 is 20.0 Å². The number of thiocarbonyl (C=S) groups is 1. The Bertz CT molecular complexity index is 554. The highest BCUT2D eigenvalue weighted by atomic mass is 32.1. The van der Waals surface area contributed by atoms with E-state index in [1.807, 2.05) is 43.3 Å². The van der Waals surface area contributed by atoms with Crippen LogP contribution in [0.5, 0.6) is 0 Å². The van der Waals surface area contributed by atoms with Gasteiger partial charge >= 0.3 is 0 Å². The summed E-state index contributed by atoms with van der Waals surface area (Å²) in [4.78, 5) is 6.33. The van der Waals surface area contributed by atoms with Crippen molar-refractivity contribution in [2.75, 3.05) is 19.0 Å².